The van der Waals surface area contributed by atoms with E-state index in [1.54, 1.807) is 0 Å². The lowest BCUT2D eigenvalue weighted by molar-refractivity contribution is -0.149. The highest BCUT2D eigenvalue weighted by molar-refractivity contribution is 5.77. The van der Waals surface area contributed by atoms with Gasteiger partial charge in [-0.15, -0.1) is 0 Å². The number of amides is 1. The van der Waals surface area contributed by atoms with Crippen molar-refractivity contribution in [2.45, 2.75) is 33.3 Å². The topological polar surface area (TPSA) is 50.4 Å². The van der Waals surface area contributed by atoms with E-state index in [1.165, 1.54) is 0 Å². The molecule has 0 aromatic heterocycles. The van der Waals surface area contributed by atoms with Gasteiger partial charge in [0, 0.05) is 12.5 Å². The third kappa shape index (κ3) is 6.54. The second-order valence-electron chi connectivity index (χ2n) is 4.14. The molecular formula is C9H20N2O2. The van der Waals surface area contributed by atoms with Crippen LogP contribution in [-0.2, 0) is 9.63 Å². The molecule has 1 unspecified atom stereocenters. The maximum Gasteiger partial charge on any atom is 0.247 e. The molecule has 4 nitrogen and oxygen atoms in total. The van der Waals surface area contributed by atoms with Gasteiger partial charge in [0.1, 0.15) is 0 Å². The van der Waals surface area contributed by atoms with Gasteiger partial charge in [-0.05, 0) is 27.8 Å². The van der Waals surface area contributed by atoms with Crippen molar-refractivity contribution in [3.63, 3.8) is 0 Å². The molecule has 1 atom stereocenters. The molecule has 1 amide bonds. The van der Waals surface area contributed by atoms with Crippen molar-refractivity contribution in [2.24, 2.45) is 5.92 Å². The number of nitrogens with one attached hydrogen (secondary N) is 2. The first-order chi connectivity index (χ1) is 5.87. The Balaban J connectivity index is 3.74. The van der Waals surface area contributed by atoms with Crippen LogP contribution in [0.5, 0.6) is 0 Å². The Labute approximate surface area is 80.0 Å². The fraction of sp³-hybridized carbons (Fsp3) is 0.889. The van der Waals surface area contributed by atoms with Gasteiger partial charge in [-0.25, -0.2) is 5.48 Å². The summed E-state index contributed by atoms with van der Waals surface area (Å²) in [6, 6.07) is 0. The van der Waals surface area contributed by atoms with Gasteiger partial charge in [-0.2, -0.15) is 0 Å². The lowest BCUT2D eigenvalue weighted by atomic mass is 10.2. The number of hydroxylamine groups is 1. The van der Waals surface area contributed by atoms with E-state index in [1.807, 2.05) is 34.7 Å². The molecule has 0 aliphatic carbocycles. The molecule has 4 heteroatoms. The first kappa shape index (κ1) is 12.4. The molecule has 0 fully saturated rings. The van der Waals surface area contributed by atoms with Crippen molar-refractivity contribution < 1.29 is 9.63 Å². The molecule has 0 saturated carbocycles. The molecule has 0 spiro atoms. The predicted octanol–water partition coefficient (Wildman–Crippen LogP) is 0.688. The molecule has 0 aromatic rings. The standard InChI is InChI=1S/C9H20N2O2/c1-7(6-10-5)8(12)11-13-9(2,3)4/h7,10H,6H2,1-5H3,(H,11,12). The van der Waals surface area contributed by atoms with Crippen LogP contribution in [0, 0.1) is 5.92 Å². The van der Waals surface area contributed by atoms with E-state index in [0.717, 1.165) is 0 Å². The molecule has 0 bridgehead atoms. The zero-order chi connectivity index (χ0) is 10.5. The highest BCUT2D eigenvalue weighted by Gasteiger charge is 2.16. The van der Waals surface area contributed by atoms with Crippen LogP contribution in [0.25, 0.3) is 0 Å². The lowest BCUT2D eigenvalue weighted by Crippen LogP contribution is -2.39. The van der Waals surface area contributed by atoms with Crippen molar-refractivity contribution in [3.05, 3.63) is 0 Å². The van der Waals surface area contributed by atoms with Gasteiger partial charge in [-0.3, -0.25) is 9.63 Å². The third-order valence-electron chi connectivity index (χ3n) is 1.42. The Bertz CT molecular complexity index is 163. The van der Waals surface area contributed by atoms with Crippen LogP contribution in [0.1, 0.15) is 27.7 Å². The molecular weight excluding hydrogens is 168 g/mol. The Morgan fingerprint density at radius 2 is 2.00 bits per heavy atom. The largest absolute Gasteiger partial charge is 0.319 e. The van der Waals surface area contributed by atoms with Crippen molar-refractivity contribution in [2.75, 3.05) is 13.6 Å². The Morgan fingerprint density at radius 1 is 1.46 bits per heavy atom. The monoisotopic (exact) mass is 188 g/mol. The number of carbonyl (C=O) groups is 1. The minimum absolute atomic E-state index is 0.0765. The van der Waals surface area contributed by atoms with Crippen LogP contribution in [0.2, 0.25) is 0 Å². The van der Waals surface area contributed by atoms with Gasteiger partial charge >= 0.3 is 0 Å². The summed E-state index contributed by atoms with van der Waals surface area (Å²) in [5, 5.41) is 2.93. The van der Waals surface area contributed by atoms with Gasteiger partial charge in [0.05, 0.1) is 5.60 Å². The second kappa shape index (κ2) is 5.19. The first-order valence-corrected chi connectivity index (χ1v) is 4.49. The molecule has 0 saturated heterocycles. The SMILES string of the molecule is CNCC(C)C(=O)NOC(C)(C)C. The molecule has 0 aliphatic rings. The highest BCUT2D eigenvalue weighted by Crippen LogP contribution is 2.04. The van der Waals surface area contributed by atoms with Crippen molar-refractivity contribution in [1.29, 1.82) is 0 Å². The summed E-state index contributed by atoms with van der Waals surface area (Å²) >= 11 is 0. The number of rotatable bonds is 4. The summed E-state index contributed by atoms with van der Waals surface area (Å²) in [5.41, 5.74) is 2.09. The van der Waals surface area contributed by atoms with Crippen LogP contribution in [0.3, 0.4) is 0 Å². The molecule has 2 N–H and O–H groups in total. The summed E-state index contributed by atoms with van der Waals surface area (Å²) in [7, 11) is 1.81. The third-order valence-corrected chi connectivity index (χ3v) is 1.42. The number of carbonyl (C=O) groups excluding carboxylic acids is 1. The minimum atomic E-state index is -0.338. The molecule has 0 radical (unpaired) electrons. The van der Waals surface area contributed by atoms with Gasteiger partial charge in [-0.1, -0.05) is 6.92 Å². The van der Waals surface area contributed by atoms with Gasteiger partial charge in [0.15, 0.2) is 0 Å². The Hall–Kier alpha value is -0.610. The van der Waals surface area contributed by atoms with Crippen LogP contribution in [0.15, 0.2) is 0 Å². The van der Waals surface area contributed by atoms with Crippen molar-refractivity contribution >= 4 is 5.91 Å². The van der Waals surface area contributed by atoms with E-state index in [4.69, 9.17) is 4.84 Å². The quantitative estimate of drug-likeness (QED) is 0.638. The van der Waals surface area contributed by atoms with Crippen LogP contribution < -0.4 is 10.8 Å². The molecule has 0 rings (SSSR count). The molecule has 0 heterocycles. The maximum atomic E-state index is 11.3. The van der Waals surface area contributed by atoms with Gasteiger partial charge < -0.3 is 5.32 Å². The van der Waals surface area contributed by atoms with E-state index in [0.29, 0.717) is 6.54 Å². The average molecular weight is 188 g/mol. The van der Waals surface area contributed by atoms with Crippen LogP contribution in [0.4, 0.5) is 0 Å². The molecule has 0 aromatic carbocycles. The fourth-order valence-electron chi connectivity index (χ4n) is 0.703. The van der Waals surface area contributed by atoms with Crippen molar-refractivity contribution in [1.82, 2.24) is 10.8 Å². The Kier molecular flexibility index (Phi) is 4.95. The number of hydrogen-bond acceptors (Lipinski definition) is 3. The van der Waals surface area contributed by atoms with Gasteiger partial charge in [0.2, 0.25) is 5.91 Å². The lowest BCUT2D eigenvalue weighted by Gasteiger charge is -2.20. The molecule has 0 aliphatic heterocycles. The summed E-state index contributed by atoms with van der Waals surface area (Å²) in [4.78, 5) is 16.4. The first-order valence-electron chi connectivity index (χ1n) is 4.49. The van der Waals surface area contributed by atoms with E-state index >= 15 is 0 Å². The Morgan fingerprint density at radius 3 is 2.38 bits per heavy atom. The minimum Gasteiger partial charge on any atom is -0.319 e. The van der Waals surface area contributed by atoms with Crippen molar-refractivity contribution in [3.8, 4) is 0 Å². The zero-order valence-corrected chi connectivity index (χ0v) is 9.10. The summed E-state index contributed by atoms with van der Waals surface area (Å²) < 4.78 is 0. The maximum absolute atomic E-state index is 11.3. The molecule has 78 valence electrons. The second-order valence-corrected chi connectivity index (χ2v) is 4.14. The normalized spacial score (nSPS) is 13.9. The summed E-state index contributed by atoms with van der Waals surface area (Å²) in [6.07, 6.45) is 0. The van der Waals surface area contributed by atoms with Crippen LogP contribution in [-0.4, -0.2) is 25.1 Å². The average Bonchev–Trinajstić information content (AvgIpc) is 1.99. The predicted molar refractivity (Wildman–Crippen MR) is 52.1 cm³/mol. The van der Waals surface area contributed by atoms with E-state index in [-0.39, 0.29) is 17.4 Å². The summed E-state index contributed by atoms with van der Waals surface area (Å²) in [6.45, 7) is 8.15. The van der Waals surface area contributed by atoms with E-state index in [9.17, 15) is 4.79 Å². The van der Waals surface area contributed by atoms with E-state index < -0.39 is 0 Å². The van der Waals surface area contributed by atoms with E-state index in [2.05, 4.69) is 10.8 Å². The number of hydrogen-bond donors (Lipinski definition) is 2. The summed E-state index contributed by atoms with van der Waals surface area (Å²) in [5.74, 6) is -0.170. The zero-order valence-electron chi connectivity index (χ0n) is 9.10. The fourth-order valence-corrected chi connectivity index (χ4v) is 0.703. The van der Waals surface area contributed by atoms with Gasteiger partial charge in [0.25, 0.3) is 0 Å². The smallest absolute Gasteiger partial charge is 0.247 e. The molecule has 13 heavy (non-hydrogen) atoms. The highest BCUT2D eigenvalue weighted by atomic mass is 16.7. The van der Waals surface area contributed by atoms with Crippen LogP contribution >= 0.6 is 0 Å².